The summed E-state index contributed by atoms with van der Waals surface area (Å²) in [5.41, 5.74) is -0.561. The number of pyridine rings is 1. The first-order valence-electron chi connectivity index (χ1n) is 4.65. The van der Waals surface area contributed by atoms with Crippen molar-refractivity contribution >= 4 is 27.6 Å². The molecule has 0 aliphatic rings. The zero-order valence-corrected chi connectivity index (χ0v) is 10.7. The van der Waals surface area contributed by atoms with E-state index in [1.807, 2.05) is 0 Å². The van der Waals surface area contributed by atoms with Crippen LogP contribution in [-0.4, -0.2) is 28.2 Å². The molecule has 0 amide bonds. The third kappa shape index (κ3) is 2.36. The number of anilines is 1. The normalized spacial score (nSPS) is 11.4. The van der Waals surface area contributed by atoms with Crippen LogP contribution in [0.1, 0.15) is 0 Å². The van der Waals surface area contributed by atoms with Crippen LogP contribution in [0.4, 0.5) is 5.95 Å². The van der Waals surface area contributed by atoms with E-state index in [-0.39, 0.29) is 15.9 Å². The predicted molar refractivity (Wildman–Crippen MR) is 63.9 cm³/mol. The number of rotatable bonds is 3. The molecule has 0 saturated heterocycles. The van der Waals surface area contributed by atoms with Crippen LogP contribution in [-0.2, 0) is 17.1 Å². The van der Waals surface area contributed by atoms with Crippen LogP contribution < -0.4 is 10.3 Å². The van der Waals surface area contributed by atoms with Gasteiger partial charge in [-0.25, -0.2) is 17.8 Å². The maximum absolute atomic E-state index is 11.9. The Bertz CT molecular complexity index is 735. The van der Waals surface area contributed by atoms with E-state index in [1.54, 1.807) is 0 Å². The first-order valence-corrected chi connectivity index (χ1v) is 6.51. The topological polar surface area (TPSA) is 110 Å². The second-order valence-corrected chi connectivity index (χ2v) is 5.41. The Morgan fingerprint density at radius 1 is 1.50 bits per heavy atom. The van der Waals surface area contributed by atoms with Gasteiger partial charge in [0.25, 0.3) is 15.6 Å². The molecule has 0 unspecified atom stereocenters. The summed E-state index contributed by atoms with van der Waals surface area (Å²) in [4.78, 5) is 16.8. The Balaban J connectivity index is 2.40. The molecule has 0 saturated carbocycles. The summed E-state index contributed by atoms with van der Waals surface area (Å²) in [5.74, 6) is 0.0531. The number of sulfonamides is 1. The molecule has 2 heterocycles. The summed E-state index contributed by atoms with van der Waals surface area (Å²) in [6, 6.07) is 1.05. The van der Waals surface area contributed by atoms with Crippen LogP contribution >= 0.6 is 11.6 Å². The Morgan fingerprint density at radius 3 is 2.78 bits per heavy atom. The van der Waals surface area contributed by atoms with Gasteiger partial charge in [0.15, 0.2) is 0 Å². The van der Waals surface area contributed by atoms with Gasteiger partial charge in [-0.15, -0.1) is 0 Å². The minimum atomic E-state index is -3.87. The lowest BCUT2D eigenvalue weighted by molar-refractivity contribution is 0.599. The van der Waals surface area contributed by atoms with Gasteiger partial charge in [-0.2, -0.15) is 10.1 Å². The molecule has 0 aromatic carbocycles. The van der Waals surface area contributed by atoms with Gasteiger partial charge in [-0.3, -0.25) is 4.79 Å². The summed E-state index contributed by atoms with van der Waals surface area (Å²) < 4.78 is 27.3. The largest absolute Gasteiger partial charge is 0.326 e. The second-order valence-electron chi connectivity index (χ2n) is 3.33. The van der Waals surface area contributed by atoms with E-state index < -0.39 is 15.6 Å². The van der Waals surface area contributed by atoms with E-state index >= 15 is 0 Å². The van der Waals surface area contributed by atoms with Crippen LogP contribution in [0.25, 0.3) is 0 Å². The van der Waals surface area contributed by atoms with Crippen LogP contribution in [0.2, 0.25) is 5.02 Å². The summed E-state index contributed by atoms with van der Waals surface area (Å²) >= 11 is 5.56. The zero-order valence-electron chi connectivity index (χ0n) is 9.08. The smallest absolute Gasteiger partial charge is 0.266 e. The van der Waals surface area contributed by atoms with Crippen molar-refractivity contribution in [2.75, 3.05) is 4.72 Å². The average Bonchev–Trinajstić information content (AvgIpc) is 2.67. The molecule has 96 valence electrons. The monoisotopic (exact) mass is 289 g/mol. The van der Waals surface area contributed by atoms with Gasteiger partial charge in [0, 0.05) is 13.2 Å². The SMILES string of the molecule is Cn1ncnc1NS(=O)(=O)c1c[nH]c(=O)c(Cl)c1. The maximum Gasteiger partial charge on any atom is 0.266 e. The molecule has 0 aliphatic carbocycles. The van der Waals surface area contributed by atoms with Crippen molar-refractivity contribution in [3.63, 3.8) is 0 Å². The molecule has 0 radical (unpaired) electrons. The molecule has 2 rings (SSSR count). The van der Waals surface area contributed by atoms with Crippen molar-refractivity contribution < 1.29 is 8.42 Å². The number of hydrogen-bond donors (Lipinski definition) is 2. The predicted octanol–water partition coefficient (Wildman–Crippen LogP) is -0.0424. The van der Waals surface area contributed by atoms with E-state index in [0.29, 0.717) is 0 Å². The van der Waals surface area contributed by atoms with Gasteiger partial charge in [0.05, 0.1) is 0 Å². The molecule has 0 atom stereocenters. The van der Waals surface area contributed by atoms with Crippen molar-refractivity contribution in [2.45, 2.75) is 4.90 Å². The Kier molecular flexibility index (Phi) is 3.09. The number of aromatic nitrogens is 4. The number of H-pyrrole nitrogens is 1. The minimum absolute atomic E-state index is 0.0531. The fourth-order valence-electron chi connectivity index (χ4n) is 1.16. The fourth-order valence-corrected chi connectivity index (χ4v) is 2.43. The molecule has 2 aromatic heterocycles. The highest BCUT2D eigenvalue weighted by molar-refractivity contribution is 7.92. The Hall–Kier alpha value is -1.87. The highest BCUT2D eigenvalue weighted by atomic mass is 35.5. The van der Waals surface area contributed by atoms with E-state index in [9.17, 15) is 13.2 Å². The number of halogens is 1. The molecule has 18 heavy (non-hydrogen) atoms. The maximum atomic E-state index is 11.9. The van der Waals surface area contributed by atoms with Gasteiger partial charge >= 0.3 is 0 Å². The Morgan fingerprint density at radius 2 is 2.22 bits per heavy atom. The lowest BCUT2D eigenvalue weighted by Crippen LogP contribution is -2.18. The van der Waals surface area contributed by atoms with Crippen LogP contribution in [0.15, 0.2) is 28.3 Å². The number of aryl methyl sites for hydroxylation is 1. The van der Waals surface area contributed by atoms with Crippen molar-refractivity contribution in [1.29, 1.82) is 0 Å². The minimum Gasteiger partial charge on any atom is -0.326 e. The molecule has 0 aliphatic heterocycles. The number of hydrogen-bond acceptors (Lipinski definition) is 5. The van der Waals surface area contributed by atoms with E-state index in [1.165, 1.54) is 18.1 Å². The molecule has 2 aromatic rings. The summed E-state index contributed by atoms with van der Waals surface area (Å²) in [7, 11) is -2.34. The average molecular weight is 290 g/mol. The lowest BCUT2D eigenvalue weighted by atomic mass is 10.5. The van der Waals surface area contributed by atoms with Gasteiger partial charge in [0.1, 0.15) is 16.2 Å². The first kappa shape index (κ1) is 12.6. The van der Waals surface area contributed by atoms with Gasteiger partial charge in [-0.05, 0) is 6.07 Å². The number of nitrogens with zero attached hydrogens (tertiary/aromatic N) is 3. The third-order valence-electron chi connectivity index (χ3n) is 2.08. The molecule has 0 bridgehead atoms. The second kappa shape index (κ2) is 4.42. The highest BCUT2D eigenvalue weighted by Crippen LogP contribution is 2.14. The third-order valence-corrected chi connectivity index (χ3v) is 3.67. The number of aromatic amines is 1. The Labute approximate surface area is 107 Å². The number of nitrogens with one attached hydrogen (secondary N) is 2. The van der Waals surface area contributed by atoms with Gasteiger partial charge in [0.2, 0.25) is 5.95 Å². The quantitative estimate of drug-likeness (QED) is 0.824. The molecule has 2 N–H and O–H groups in total. The van der Waals surface area contributed by atoms with E-state index in [0.717, 1.165) is 12.3 Å². The van der Waals surface area contributed by atoms with Crippen molar-refractivity contribution in [3.05, 3.63) is 34.0 Å². The van der Waals surface area contributed by atoms with Crippen LogP contribution in [0.5, 0.6) is 0 Å². The zero-order chi connectivity index (χ0) is 13.3. The van der Waals surface area contributed by atoms with Crippen LogP contribution in [0.3, 0.4) is 0 Å². The molecular weight excluding hydrogens is 282 g/mol. The van der Waals surface area contributed by atoms with Crippen molar-refractivity contribution in [3.8, 4) is 0 Å². The van der Waals surface area contributed by atoms with E-state index in [4.69, 9.17) is 11.6 Å². The highest BCUT2D eigenvalue weighted by Gasteiger charge is 2.18. The van der Waals surface area contributed by atoms with Crippen LogP contribution in [0, 0.1) is 0 Å². The first-order chi connectivity index (χ1) is 8.40. The summed E-state index contributed by atoms with van der Waals surface area (Å²) in [6.45, 7) is 0. The molecule has 8 nitrogen and oxygen atoms in total. The fraction of sp³-hybridized carbons (Fsp3) is 0.125. The summed E-state index contributed by atoms with van der Waals surface area (Å²) in [5, 5.41) is 3.51. The van der Waals surface area contributed by atoms with Crippen molar-refractivity contribution in [2.24, 2.45) is 7.05 Å². The molecular formula is C8H8ClN5O3S. The lowest BCUT2D eigenvalue weighted by Gasteiger charge is -2.06. The van der Waals surface area contributed by atoms with E-state index in [2.05, 4.69) is 19.8 Å². The molecule has 0 spiro atoms. The van der Waals surface area contributed by atoms with Gasteiger partial charge < -0.3 is 4.98 Å². The van der Waals surface area contributed by atoms with Crippen molar-refractivity contribution in [1.82, 2.24) is 19.7 Å². The van der Waals surface area contributed by atoms with Gasteiger partial charge in [-0.1, -0.05) is 11.6 Å². The summed E-state index contributed by atoms with van der Waals surface area (Å²) in [6.07, 6.45) is 2.25. The standard InChI is InChI=1S/C8H8ClN5O3S/c1-14-8(11-4-12-14)13-18(16,17)5-2-6(9)7(15)10-3-5/h2-4H,1H3,(H,10,15)(H,11,12,13). The molecule has 0 fully saturated rings. The molecule has 10 heteroatoms.